The molecule has 0 spiro atoms. The van der Waals surface area contributed by atoms with Gasteiger partial charge in [0.15, 0.2) is 11.4 Å². The molecule has 0 N–H and O–H groups in total. The quantitative estimate of drug-likeness (QED) is 0.505. The Bertz CT molecular complexity index is 911. The van der Waals surface area contributed by atoms with Crippen LogP contribution in [-0.4, -0.2) is 55.9 Å². The van der Waals surface area contributed by atoms with Crippen LogP contribution >= 0.6 is 0 Å². The number of hydrogen-bond acceptors (Lipinski definition) is 2. The lowest BCUT2D eigenvalue weighted by Gasteiger charge is -2.36. The predicted molar refractivity (Wildman–Crippen MR) is 118 cm³/mol. The van der Waals surface area contributed by atoms with E-state index in [9.17, 15) is 8.63 Å². The van der Waals surface area contributed by atoms with Crippen molar-refractivity contribution in [1.82, 2.24) is 0 Å². The zero-order chi connectivity index (χ0) is 21.7. The Balaban J connectivity index is 1.75. The molecule has 1 heterocycles. The summed E-state index contributed by atoms with van der Waals surface area (Å²) in [4.78, 5) is 0. The molecule has 30 heavy (non-hydrogen) atoms. The molecule has 3 rings (SSSR count). The Labute approximate surface area is 176 Å². The maximum absolute atomic E-state index is 13.9. The topological polar surface area (TPSA) is 24.5 Å². The Morgan fingerprint density at radius 3 is 1.37 bits per heavy atom. The van der Waals surface area contributed by atoms with Crippen molar-refractivity contribution < 1.29 is 27.1 Å². The second-order valence-electron chi connectivity index (χ2n) is 7.52. The molecule has 156 valence electrons. The SMILES string of the molecule is C[N+](C)=C1C=CC(=CC=C2CC(=CC=C3C=CC(=[N+](C)C)C=C3)O[B-](F)(F)O2)C=C1. The monoisotopic (exact) mass is 411 g/mol. The molecular formula is C23H26BF2N2O2+. The van der Waals surface area contributed by atoms with E-state index in [4.69, 9.17) is 9.31 Å². The first-order valence-electron chi connectivity index (χ1n) is 9.72. The summed E-state index contributed by atoms with van der Waals surface area (Å²) in [5.41, 5.74) is 3.93. The van der Waals surface area contributed by atoms with Crippen LogP contribution in [0.4, 0.5) is 8.63 Å². The lowest BCUT2D eigenvalue weighted by molar-refractivity contribution is -0.462. The van der Waals surface area contributed by atoms with Crippen LogP contribution in [0.25, 0.3) is 0 Å². The van der Waals surface area contributed by atoms with Crippen LogP contribution < -0.4 is 0 Å². The third-order valence-electron chi connectivity index (χ3n) is 4.67. The van der Waals surface area contributed by atoms with E-state index in [0.717, 1.165) is 22.6 Å². The first-order chi connectivity index (χ1) is 14.2. The molecule has 0 amide bonds. The van der Waals surface area contributed by atoms with Gasteiger partial charge in [0.25, 0.3) is 0 Å². The number of halogens is 2. The Kier molecular flexibility index (Phi) is 6.50. The minimum atomic E-state index is -4.39. The van der Waals surface area contributed by atoms with Crippen LogP contribution in [0.1, 0.15) is 6.42 Å². The molecule has 0 aromatic rings. The van der Waals surface area contributed by atoms with Gasteiger partial charge in [0.05, 0.1) is 17.9 Å². The van der Waals surface area contributed by atoms with Crippen molar-refractivity contribution in [2.45, 2.75) is 6.42 Å². The number of nitrogens with zero attached hydrogens (tertiary/aromatic N) is 2. The highest BCUT2D eigenvalue weighted by atomic mass is 19.3. The van der Waals surface area contributed by atoms with Crippen molar-refractivity contribution >= 4 is 18.5 Å². The van der Waals surface area contributed by atoms with Crippen molar-refractivity contribution in [3.05, 3.63) is 95.6 Å². The van der Waals surface area contributed by atoms with E-state index >= 15 is 0 Å². The Hall–Kier alpha value is -3.22. The maximum Gasteiger partial charge on any atom is 0.725 e. The standard InChI is InChI=1S/C23H26BF2N2O2/c1-27(2)20-11-5-18(6-12-20)9-15-22-17-23(30-24(25,26)29-22)16-10-19-7-13-21(14-8-19)28(3)4/h5-16H,17H2,1-4H3/q+1. The van der Waals surface area contributed by atoms with Gasteiger partial charge in [-0.05, 0) is 47.6 Å². The van der Waals surface area contributed by atoms with Crippen LogP contribution in [0.2, 0.25) is 0 Å². The number of rotatable bonds is 2. The van der Waals surface area contributed by atoms with Gasteiger partial charge in [0.1, 0.15) is 28.2 Å². The first kappa shape index (κ1) is 21.5. The number of hydrogen-bond donors (Lipinski definition) is 0. The van der Waals surface area contributed by atoms with Crippen LogP contribution in [-0.2, 0) is 9.31 Å². The first-order valence-corrected chi connectivity index (χ1v) is 9.72. The summed E-state index contributed by atoms with van der Waals surface area (Å²) in [6.45, 7) is 0. The molecule has 0 atom stereocenters. The summed E-state index contributed by atoms with van der Waals surface area (Å²) >= 11 is 0. The molecule has 7 heteroatoms. The average molecular weight is 411 g/mol. The predicted octanol–water partition coefficient (Wildman–Crippen LogP) is 4.10. The molecule has 0 unspecified atom stereocenters. The van der Waals surface area contributed by atoms with E-state index in [1.807, 2.05) is 85.9 Å². The molecule has 1 saturated heterocycles. The highest BCUT2D eigenvalue weighted by molar-refractivity contribution is 6.52. The van der Waals surface area contributed by atoms with E-state index in [0.29, 0.717) is 0 Å². The summed E-state index contributed by atoms with van der Waals surface area (Å²) < 4.78 is 41.4. The van der Waals surface area contributed by atoms with Crippen LogP contribution in [0.3, 0.4) is 0 Å². The lowest BCUT2D eigenvalue weighted by Crippen LogP contribution is -2.35. The molecule has 0 aromatic heterocycles. The number of allylic oxidation sites excluding steroid dienone is 14. The van der Waals surface area contributed by atoms with Crippen LogP contribution in [0, 0.1) is 0 Å². The molecule has 1 aliphatic heterocycles. The Morgan fingerprint density at radius 2 is 1.03 bits per heavy atom. The van der Waals surface area contributed by atoms with Gasteiger partial charge >= 0.3 is 7.11 Å². The fourth-order valence-electron chi connectivity index (χ4n) is 2.97. The fourth-order valence-corrected chi connectivity index (χ4v) is 2.97. The lowest BCUT2D eigenvalue weighted by atomic mass is 10.0. The van der Waals surface area contributed by atoms with Gasteiger partial charge in [-0.1, -0.05) is 12.2 Å². The fraction of sp³-hybridized carbons (Fsp3) is 0.217. The molecule has 0 saturated carbocycles. The molecule has 2 aliphatic carbocycles. The molecule has 0 bridgehead atoms. The van der Waals surface area contributed by atoms with Crippen molar-refractivity contribution in [3.8, 4) is 0 Å². The summed E-state index contributed by atoms with van der Waals surface area (Å²) in [5.74, 6) is 0.344. The molecule has 1 fully saturated rings. The zero-order valence-corrected chi connectivity index (χ0v) is 17.7. The van der Waals surface area contributed by atoms with Gasteiger partial charge in [-0.3, -0.25) is 0 Å². The largest absolute Gasteiger partial charge is 0.725 e. The third-order valence-corrected chi connectivity index (χ3v) is 4.67. The molecule has 3 aliphatic rings. The van der Waals surface area contributed by atoms with Gasteiger partial charge in [0.2, 0.25) is 0 Å². The molecule has 0 aromatic carbocycles. The van der Waals surface area contributed by atoms with E-state index in [1.165, 1.54) is 0 Å². The molecule has 0 radical (unpaired) electrons. The van der Waals surface area contributed by atoms with Gasteiger partial charge in [-0.25, -0.2) is 9.15 Å². The van der Waals surface area contributed by atoms with Crippen LogP contribution in [0.15, 0.2) is 95.6 Å². The van der Waals surface area contributed by atoms with Gasteiger partial charge < -0.3 is 17.9 Å². The zero-order valence-electron chi connectivity index (χ0n) is 17.7. The minimum Gasteiger partial charge on any atom is -0.630 e. The smallest absolute Gasteiger partial charge is 0.630 e. The third kappa shape index (κ3) is 5.89. The van der Waals surface area contributed by atoms with Gasteiger partial charge in [-0.15, -0.1) is 0 Å². The summed E-state index contributed by atoms with van der Waals surface area (Å²) in [6, 6.07) is 0. The molecular weight excluding hydrogens is 385 g/mol. The van der Waals surface area contributed by atoms with E-state index in [2.05, 4.69) is 0 Å². The van der Waals surface area contributed by atoms with Crippen LogP contribution in [0.5, 0.6) is 0 Å². The average Bonchev–Trinajstić information content (AvgIpc) is 2.70. The highest BCUT2D eigenvalue weighted by Gasteiger charge is 2.38. The van der Waals surface area contributed by atoms with Gasteiger partial charge in [0, 0.05) is 24.3 Å². The second-order valence-corrected chi connectivity index (χ2v) is 7.52. The summed E-state index contributed by atoms with van der Waals surface area (Å²) in [6.07, 6.45) is 22.4. The van der Waals surface area contributed by atoms with Gasteiger partial charge in [-0.2, -0.15) is 0 Å². The van der Waals surface area contributed by atoms with Crippen molar-refractivity contribution in [2.24, 2.45) is 0 Å². The summed E-state index contributed by atoms with van der Waals surface area (Å²) in [5, 5.41) is 0. The Morgan fingerprint density at radius 1 is 0.667 bits per heavy atom. The van der Waals surface area contributed by atoms with E-state index in [-0.39, 0.29) is 17.9 Å². The maximum atomic E-state index is 13.9. The second kappa shape index (κ2) is 9.07. The van der Waals surface area contributed by atoms with E-state index < -0.39 is 7.11 Å². The summed E-state index contributed by atoms with van der Waals surface area (Å²) in [7, 11) is 3.46. The van der Waals surface area contributed by atoms with E-state index in [1.54, 1.807) is 24.3 Å². The van der Waals surface area contributed by atoms with Crippen molar-refractivity contribution in [1.29, 1.82) is 0 Å². The normalized spacial score (nSPS) is 22.3. The van der Waals surface area contributed by atoms with Crippen molar-refractivity contribution in [3.63, 3.8) is 0 Å². The molecule has 4 nitrogen and oxygen atoms in total. The van der Waals surface area contributed by atoms with Crippen molar-refractivity contribution in [2.75, 3.05) is 28.2 Å². The highest BCUT2D eigenvalue weighted by Crippen LogP contribution is 2.31. The minimum absolute atomic E-state index is 0.163.